The van der Waals surface area contributed by atoms with Gasteiger partial charge in [-0.15, -0.1) is 0 Å². The molecule has 0 radical (unpaired) electrons. The number of anilines is 1. The summed E-state index contributed by atoms with van der Waals surface area (Å²) in [5.74, 6) is 0.588. The zero-order valence-electron chi connectivity index (χ0n) is 16.2. The number of sulfone groups is 1. The van der Waals surface area contributed by atoms with E-state index in [4.69, 9.17) is 4.74 Å². The van der Waals surface area contributed by atoms with E-state index < -0.39 is 30.9 Å². The molecule has 0 fully saturated rings. The third kappa shape index (κ3) is 5.32. The highest BCUT2D eigenvalue weighted by atomic mass is 32.2. The Morgan fingerprint density at radius 3 is 2.38 bits per heavy atom. The van der Waals surface area contributed by atoms with Gasteiger partial charge in [-0.2, -0.15) is 13.2 Å². The molecule has 1 aromatic heterocycles. The van der Waals surface area contributed by atoms with Crippen LogP contribution in [0.15, 0.2) is 71.9 Å². The highest BCUT2D eigenvalue weighted by molar-refractivity contribution is 7.92. The van der Waals surface area contributed by atoms with E-state index in [1.807, 2.05) is 6.07 Å². The van der Waals surface area contributed by atoms with E-state index in [1.165, 1.54) is 0 Å². The molecule has 0 amide bonds. The number of hydrogen-bond acceptors (Lipinski definition) is 7. The highest BCUT2D eigenvalue weighted by Gasteiger charge is 2.47. The van der Waals surface area contributed by atoms with Gasteiger partial charge in [-0.25, -0.2) is 8.42 Å². The van der Waals surface area contributed by atoms with Crippen molar-refractivity contribution in [1.29, 1.82) is 0 Å². The molecule has 8 nitrogen and oxygen atoms in total. The van der Waals surface area contributed by atoms with Gasteiger partial charge in [0, 0.05) is 30.6 Å². The van der Waals surface area contributed by atoms with E-state index in [9.17, 15) is 31.7 Å². The highest BCUT2D eigenvalue weighted by Crippen LogP contribution is 2.34. The van der Waals surface area contributed by atoms with Crippen LogP contribution in [0.5, 0.6) is 5.75 Å². The largest absolute Gasteiger partial charge is 0.501 e. The summed E-state index contributed by atoms with van der Waals surface area (Å²) >= 11 is 0. The third-order valence-corrected chi connectivity index (χ3v) is 5.80. The number of pyridine rings is 1. The van der Waals surface area contributed by atoms with Crippen molar-refractivity contribution < 1.29 is 31.2 Å². The number of ether oxygens (including phenoxy) is 1. The molecular formula is C20H16F3N3O5S. The van der Waals surface area contributed by atoms with Crippen LogP contribution >= 0.6 is 0 Å². The van der Waals surface area contributed by atoms with Crippen molar-refractivity contribution in [2.75, 3.05) is 5.32 Å². The summed E-state index contributed by atoms with van der Waals surface area (Å²) in [4.78, 5) is 13.1. The van der Waals surface area contributed by atoms with Crippen LogP contribution in [0.2, 0.25) is 0 Å². The van der Waals surface area contributed by atoms with E-state index in [0.29, 0.717) is 30.1 Å². The fourth-order valence-electron chi connectivity index (χ4n) is 2.66. The lowest BCUT2D eigenvalue weighted by atomic mass is 10.2. The van der Waals surface area contributed by atoms with E-state index in [0.717, 1.165) is 11.6 Å². The Kier molecular flexibility index (Phi) is 6.63. The molecule has 1 N–H and O–H groups in total. The van der Waals surface area contributed by atoms with Crippen LogP contribution in [0, 0.1) is 10.1 Å². The Balaban J connectivity index is 1.69. The SMILES string of the molecule is O=[N+]([O-])c1cc(S(=O)(=O)C(F)(F)F)ccc1NCc1ccc(OCc2cccnc2)cc1. The Bertz CT molecular complexity index is 1200. The maximum atomic E-state index is 12.7. The number of hydrogen-bond donors (Lipinski definition) is 1. The lowest BCUT2D eigenvalue weighted by Gasteiger charge is -2.11. The van der Waals surface area contributed by atoms with Gasteiger partial charge in [-0.05, 0) is 35.9 Å². The number of benzene rings is 2. The standard InChI is InChI=1S/C20H16F3N3O5S/c21-20(22,23)32(29,30)17-7-8-18(19(10-17)26(27)28)25-12-14-3-5-16(6-4-14)31-13-15-2-1-9-24-11-15/h1-11,25H,12-13H2. The molecule has 3 rings (SSSR count). The van der Waals surface area contributed by atoms with Gasteiger partial charge >= 0.3 is 5.51 Å². The average molecular weight is 467 g/mol. The molecule has 0 spiro atoms. The minimum Gasteiger partial charge on any atom is -0.489 e. The van der Waals surface area contributed by atoms with Gasteiger partial charge < -0.3 is 10.1 Å². The Hall–Kier alpha value is -3.67. The third-order valence-electron chi connectivity index (χ3n) is 4.32. The molecule has 2 aromatic carbocycles. The first-order valence-corrected chi connectivity index (χ1v) is 10.5. The van der Waals surface area contributed by atoms with Crippen LogP contribution in [0.1, 0.15) is 11.1 Å². The predicted molar refractivity (Wildman–Crippen MR) is 109 cm³/mol. The molecule has 3 aromatic rings. The van der Waals surface area contributed by atoms with Crippen molar-refractivity contribution in [2.24, 2.45) is 0 Å². The van der Waals surface area contributed by atoms with E-state index >= 15 is 0 Å². The first-order chi connectivity index (χ1) is 15.1. The van der Waals surface area contributed by atoms with Crippen LogP contribution in [0.25, 0.3) is 0 Å². The van der Waals surface area contributed by atoms with E-state index in [-0.39, 0.29) is 12.2 Å². The Labute approximate surface area is 180 Å². The lowest BCUT2D eigenvalue weighted by Crippen LogP contribution is -2.23. The number of nitro benzene ring substituents is 1. The number of nitrogens with zero attached hydrogens (tertiary/aromatic N) is 2. The maximum absolute atomic E-state index is 12.7. The predicted octanol–water partition coefficient (Wildman–Crippen LogP) is 4.47. The summed E-state index contributed by atoms with van der Waals surface area (Å²) in [6.45, 7) is 0.430. The van der Waals surface area contributed by atoms with Crippen molar-refractivity contribution in [3.63, 3.8) is 0 Å². The van der Waals surface area contributed by atoms with Crippen molar-refractivity contribution in [3.8, 4) is 5.75 Å². The first-order valence-electron chi connectivity index (χ1n) is 9.02. The second-order valence-corrected chi connectivity index (χ2v) is 8.47. The second-order valence-electron chi connectivity index (χ2n) is 6.53. The smallest absolute Gasteiger partial charge is 0.489 e. The Morgan fingerprint density at radius 2 is 1.78 bits per heavy atom. The quantitative estimate of drug-likeness (QED) is 0.384. The minimum atomic E-state index is -5.70. The molecule has 168 valence electrons. The van der Waals surface area contributed by atoms with Crippen molar-refractivity contribution >= 4 is 21.2 Å². The fourth-order valence-corrected chi connectivity index (χ4v) is 3.45. The van der Waals surface area contributed by atoms with Crippen LogP contribution in [-0.4, -0.2) is 23.8 Å². The molecule has 0 aliphatic rings. The van der Waals surface area contributed by atoms with Crippen LogP contribution in [-0.2, 0) is 23.0 Å². The minimum absolute atomic E-state index is 0.106. The number of nitrogens with one attached hydrogen (secondary N) is 1. The van der Waals surface area contributed by atoms with E-state index in [2.05, 4.69) is 10.3 Å². The summed E-state index contributed by atoms with van der Waals surface area (Å²) in [5, 5.41) is 14.0. The normalized spacial score (nSPS) is 11.7. The van der Waals surface area contributed by atoms with Gasteiger partial charge in [0.25, 0.3) is 15.5 Å². The summed E-state index contributed by atoms with van der Waals surface area (Å²) in [6, 6.07) is 12.5. The molecule has 0 aliphatic carbocycles. The number of alkyl halides is 3. The van der Waals surface area contributed by atoms with Crippen LogP contribution in [0.3, 0.4) is 0 Å². The lowest BCUT2D eigenvalue weighted by molar-refractivity contribution is -0.384. The Morgan fingerprint density at radius 1 is 1.06 bits per heavy atom. The molecule has 0 aliphatic heterocycles. The van der Waals surface area contributed by atoms with Crippen molar-refractivity contribution in [3.05, 3.63) is 88.2 Å². The van der Waals surface area contributed by atoms with Gasteiger partial charge in [-0.3, -0.25) is 15.1 Å². The van der Waals surface area contributed by atoms with Crippen molar-refractivity contribution in [1.82, 2.24) is 4.98 Å². The monoisotopic (exact) mass is 467 g/mol. The molecule has 0 saturated carbocycles. The maximum Gasteiger partial charge on any atom is 0.501 e. The summed E-state index contributed by atoms with van der Waals surface area (Å²) in [6.07, 6.45) is 3.33. The van der Waals surface area contributed by atoms with E-state index in [1.54, 1.807) is 42.7 Å². The number of rotatable bonds is 8. The topological polar surface area (TPSA) is 111 Å². The number of aromatic nitrogens is 1. The molecule has 0 bridgehead atoms. The summed E-state index contributed by atoms with van der Waals surface area (Å²) in [7, 11) is -5.70. The number of nitro groups is 1. The molecule has 1 heterocycles. The second kappa shape index (κ2) is 9.22. The van der Waals surface area contributed by atoms with Gasteiger partial charge in [-0.1, -0.05) is 18.2 Å². The fraction of sp³-hybridized carbons (Fsp3) is 0.150. The van der Waals surface area contributed by atoms with Gasteiger partial charge in [0.2, 0.25) is 0 Å². The van der Waals surface area contributed by atoms with Gasteiger partial charge in [0.1, 0.15) is 18.0 Å². The van der Waals surface area contributed by atoms with Crippen LogP contribution in [0.4, 0.5) is 24.5 Å². The molecule has 12 heteroatoms. The average Bonchev–Trinajstić information content (AvgIpc) is 2.76. The molecule has 32 heavy (non-hydrogen) atoms. The van der Waals surface area contributed by atoms with Gasteiger partial charge in [0.15, 0.2) is 0 Å². The molecule has 0 saturated heterocycles. The molecule has 0 atom stereocenters. The van der Waals surface area contributed by atoms with Crippen molar-refractivity contribution in [2.45, 2.75) is 23.6 Å². The summed E-state index contributed by atoms with van der Waals surface area (Å²) in [5.41, 5.74) is -4.86. The zero-order valence-corrected chi connectivity index (χ0v) is 17.1. The van der Waals surface area contributed by atoms with Gasteiger partial charge in [0.05, 0.1) is 9.82 Å². The number of halogens is 3. The zero-order chi connectivity index (χ0) is 23.4. The van der Waals surface area contributed by atoms with Crippen LogP contribution < -0.4 is 10.1 Å². The first kappa shape index (κ1) is 23.0. The molecular weight excluding hydrogens is 451 g/mol. The molecule has 0 unspecified atom stereocenters. The summed E-state index contributed by atoms with van der Waals surface area (Å²) < 4.78 is 66.8.